The van der Waals surface area contributed by atoms with Crippen LogP contribution < -0.4 is 9.47 Å². The van der Waals surface area contributed by atoms with Crippen LogP contribution in [-0.2, 0) is 0 Å². The first kappa shape index (κ1) is 15.4. The quantitative estimate of drug-likeness (QED) is 0.463. The summed E-state index contributed by atoms with van der Waals surface area (Å²) in [6.45, 7) is -0.428. The van der Waals surface area contributed by atoms with E-state index < -0.39 is 29.0 Å². The summed E-state index contributed by atoms with van der Waals surface area (Å²) in [5, 5.41) is 0.353. The van der Waals surface area contributed by atoms with Crippen molar-refractivity contribution in [2.75, 3.05) is 13.2 Å². The second-order valence-corrected chi connectivity index (χ2v) is 4.33. The van der Waals surface area contributed by atoms with E-state index in [0.29, 0.717) is 10.8 Å². The van der Waals surface area contributed by atoms with Gasteiger partial charge in [0, 0.05) is 6.07 Å². The van der Waals surface area contributed by atoms with Crippen molar-refractivity contribution in [1.82, 2.24) is 0 Å². The number of ether oxygens (including phenoxy) is 2. The molecule has 0 heterocycles. The smallest absolute Gasteiger partial charge is 0.203 e. The molecule has 0 saturated heterocycles. The van der Waals surface area contributed by atoms with Crippen molar-refractivity contribution >= 4 is 11.6 Å². The van der Waals surface area contributed by atoms with Crippen LogP contribution in [-0.4, -0.2) is 13.2 Å². The Bertz CT molecular complexity index is 623. The first-order valence-corrected chi connectivity index (χ1v) is 6.21. The maximum Gasteiger partial charge on any atom is 0.203 e. The Labute approximate surface area is 122 Å². The second kappa shape index (κ2) is 6.67. The Balaban J connectivity index is 1.97. The van der Waals surface area contributed by atoms with E-state index in [1.807, 2.05) is 0 Å². The Morgan fingerprint density at radius 3 is 2.05 bits per heavy atom. The van der Waals surface area contributed by atoms with Crippen LogP contribution in [0, 0.1) is 23.3 Å². The second-order valence-electron chi connectivity index (χ2n) is 3.92. The Hall–Kier alpha value is -1.95. The van der Waals surface area contributed by atoms with Crippen molar-refractivity contribution in [1.29, 1.82) is 0 Å². The third-order valence-electron chi connectivity index (χ3n) is 2.50. The molecule has 0 radical (unpaired) electrons. The van der Waals surface area contributed by atoms with E-state index in [9.17, 15) is 17.6 Å². The molecule has 0 amide bonds. The molecule has 0 fully saturated rings. The van der Waals surface area contributed by atoms with Crippen molar-refractivity contribution in [2.24, 2.45) is 0 Å². The minimum absolute atomic E-state index is 0.109. The van der Waals surface area contributed by atoms with Crippen LogP contribution in [0.3, 0.4) is 0 Å². The number of para-hydroxylation sites is 1. The van der Waals surface area contributed by atoms with Gasteiger partial charge in [0.25, 0.3) is 0 Å². The van der Waals surface area contributed by atoms with E-state index in [-0.39, 0.29) is 19.3 Å². The third-order valence-corrected chi connectivity index (χ3v) is 2.81. The molecule has 2 nitrogen and oxygen atoms in total. The number of halogens is 5. The molecule has 0 atom stereocenters. The lowest BCUT2D eigenvalue weighted by Crippen LogP contribution is -2.12. The molecule has 21 heavy (non-hydrogen) atoms. The molecule has 2 aromatic rings. The lowest BCUT2D eigenvalue weighted by atomic mass is 10.3. The fourth-order valence-electron chi connectivity index (χ4n) is 1.54. The van der Waals surface area contributed by atoms with Crippen molar-refractivity contribution < 1.29 is 27.0 Å². The zero-order chi connectivity index (χ0) is 15.4. The standard InChI is InChI=1S/C14H9ClF4O2/c15-8-3-1-2-4-11(8)20-5-6-21-14-12(18)9(16)7-10(17)13(14)19/h1-4,7H,5-6H2. The summed E-state index contributed by atoms with van der Waals surface area (Å²) in [6.07, 6.45) is 0. The zero-order valence-corrected chi connectivity index (χ0v) is 11.3. The van der Waals surface area contributed by atoms with E-state index in [2.05, 4.69) is 0 Å². The van der Waals surface area contributed by atoms with Crippen molar-refractivity contribution in [3.05, 3.63) is 58.6 Å². The molecule has 7 heteroatoms. The van der Waals surface area contributed by atoms with Crippen LogP contribution in [0.25, 0.3) is 0 Å². The summed E-state index contributed by atoms with van der Waals surface area (Å²) in [7, 11) is 0. The highest BCUT2D eigenvalue weighted by Gasteiger charge is 2.20. The average molecular weight is 321 g/mol. The lowest BCUT2D eigenvalue weighted by Gasteiger charge is -2.11. The summed E-state index contributed by atoms with van der Waals surface area (Å²) in [6, 6.07) is 6.68. The van der Waals surface area contributed by atoms with Gasteiger partial charge in [0.1, 0.15) is 19.0 Å². The van der Waals surface area contributed by atoms with Gasteiger partial charge in [0.05, 0.1) is 5.02 Å². The molecule has 0 aliphatic carbocycles. The molecule has 0 saturated carbocycles. The monoisotopic (exact) mass is 320 g/mol. The number of benzene rings is 2. The Kier molecular flexibility index (Phi) is 4.90. The maximum atomic E-state index is 13.3. The highest BCUT2D eigenvalue weighted by molar-refractivity contribution is 6.32. The van der Waals surface area contributed by atoms with Crippen molar-refractivity contribution in [2.45, 2.75) is 0 Å². The van der Waals surface area contributed by atoms with E-state index in [1.165, 1.54) is 0 Å². The van der Waals surface area contributed by atoms with Gasteiger partial charge in [0.15, 0.2) is 17.4 Å². The highest BCUT2D eigenvalue weighted by atomic mass is 35.5. The fraction of sp³-hybridized carbons (Fsp3) is 0.143. The third kappa shape index (κ3) is 3.58. The van der Waals surface area contributed by atoms with Gasteiger partial charge in [-0.1, -0.05) is 23.7 Å². The molecule has 0 aliphatic heterocycles. The molecule has 0 spiro atoms. The minimum atomic E-state index is -1.59. The molecule has 0 N–H and O–H groups in total. The molecule has 0 aliphatic rings. The number of hydrogen-bond donors (Lipinski definition) is 0. The van der Waals surface area contributed by atoms with Crippen LogP contribution in [0.5, 0.6) is 11.5 Å². The first-order chi connectivity index (χ1) is 10.0. The van der Waals surface area contributed by atoms with Crippen LogP contribution in [0.15, 0.2) is 30.3 Å². The van der Waals surface area contributed by atoms with Crippen LogP contribution in [0.4, 0.5) is 17.6 Å². The molecular weight excluding hydrogens is 312 g/mol. The van der Waals surface area contributed by atoms with E-state index in [1.54, 1.807) is 24.3 Å². The molecule has 0 bridgehead atoms. The van der Waals surface area contributed by atoms with Crippen molar-refractivity contribution in [3.63, 3.8) is 0 Å². The predicted octanol–water partition coefficient (Wildman–Crippen LogP) is 4.35. The molecule has 0 aromatic heterocycles. The van der Waals surface area contributed by atoms with E-state index in [0.717, 1.165) is 0 Å². The molecular formula is C14H9ClF4O2. The summed E-state index contributed by atoms with van der Waals surface area (Å²) in [4.78, 5) is 0. The van der Waals surface area contributed by atoms with Gasteiger partial charge in [-0.05, 0) is 12.1 Å². The normalized spacial score (nSPS) is 10.5. The lowest BCUT2D eigenvalue weighted by molar-refractivity contribution is 0.201. The van der Waals surface area contributed by atoms with Gasteiger partial charge in [-0.15, -0.1) is 0 Å². The SMILES string of the molecule is Fc1cc(F)c(F)c(OCCOc2ccccc2Cl)c1F. The highest BCUT2D eigenvalue weighted by Crippen LogP contribution is 2.27. The summed E-state index contributed by atoms with van der Waals surface area (Å²) in [5.41, 5.74) is 0. The van der Waals surface area contributed by atoms with Gasteiger partial charge in [-0.3, -0.25) is 0 Å². The van der Waals surface area contributed by atoms with Gasteiger partial charge >= 0.3 is 0 Å². The first-order valence-electron chi connectivity index (χ1n) is 5.84. The van der Waals surface area contributed by atoms with Crippen molar-refractivity contribution in [3.8, 4) is 11.5 Å². The van der Waals surface area contributed by atoms with Crippen LogP contribution in [0.1, 0.15) is 0 Å². The summed E-state index contributed by atoms with van der Waals surface area (Å²) >= 11 is 5.83. The molecule has 2 rings (SSSR count). The summed E-state index contributed by atoms with van der Waals surface area (Å²) < 4.78 is 62.4. The predicted molar refractivity (Wildman–Crippen MR) is 68.7 cm³/mol. The number of hydrogen-bond acceptors (Lipinski definition) is 2. The van der Waals surface area contributed by atoms with Gasteiger partial charge in [0.2, 0.25) is 11.6 Å². The maximum absolute atomic E-state index is 13.3. The fourth-order valence-corrected chi connectivity index (χ4v) is 1.73. The van der Waals surface area contributed by atoms with Gasteiger partial charge < -0.3 is 9.47 Å². The van der Waals surface area contributed by atoms with Crippen LogP contribution >= 0.6 is 11.6 Å². The molecule has 0 unspecified atom stereocenters. The van der Waals surface area contributed by atoms with E-state index in [4.69, 9.17) is 21.1 Å². The Morgan fingerprint density at radius 1 is 0.857 bits per heavy atom. The Morgan fingerprint density at radius 2 is 1.43 bits per heavy atom. The molecule has 112 valence electrons. The van der Waals surface area contributed by atoms with E-state index >= 15 is 0 Å². The molecule has 2 aromatic carbocycles. The van der Waals surface area contributed by atoms with Gasteiger partial charge in [-0.2, -0.15) is 8.78 Å². The summed E-state index contributed by atoms with van der Waals surface area (Å²) in [5.74, 6) is -7.01. The topological polar surface area (TPSA) is 18.5 Å². The minimum Gasteiger partial charge on any atom is -0.488 e. The largest absolute Gasteiger partial charge is 0.488 e. The average Bonchev–Trinajstić information content (AvgIpc) is 2.46. The number of rotatable bonds is 5. The van der Waals surface area contributed by atoms with Crippen LogP contribution in [0.2, 0.25) is 5.02 Å². The zero-order valence-electron chi connectivity index (χ0n) is 10.5. The van der Waals surface area contributed by atoms with Gasteiger partial charge in [-0.25, -0.2) is 8.78 Å².